The van der Waals surface area contributed by atoms with Crippen molar-refractivity contribution in [2.45, 2.75) is 45.1 Å². The summed E-state index contributed by atoms with van der Waals surface area (Å²) in [5.74, 6) is 0. The lowest BCUT2D eigenvalue weighted by atomic mass is 9.94. The van der Waals surface area contributed by atoms with E-state index >= 15 is 0 Å². The Kier molecular flexibility index (Phi) is 5.11. The largest absolute Gasteiger partial charge is 0.362 e. The lowest BCUT2D eigenvalue weighted by Crippen LogP contribution is -2.55. The molecule has 3 rings (SSSR count). The third-order valence-electron chi connectivity index (χ3n) is 4.52. The molecule has 130 valence electrons. The van der Waals surface area contributed by atoms with Crippen LogP contribution in [-0.2, 0) is 0 Å². The highest BCUT2D eigenvalue weighted by atomic mass is 35.5. The molecule has 1 aliphatic carbocycles. The molecule has 2 fully saturated rings. The van der Waals surface area contributed by atoms with Gasteiger partial charge in [0.15, 0.2) is 0 Å². The molecule has 0 radical (unpaired) electrons. The molecule has 0 bridgehead atoms. The summed E-state index contributed by atoms with van der Waals surface area (Å²) in [6.07, 6.45) is 5.41. The van der Waals surface area contributed by atoms with Gasteiger partial charge in [-0.3, -0.25) is 5.43 Å². The number of benzene rings is 1. The number of halogens is 1. The van der Waals surface area contributed by atoms with Crippen LogP contribution in [0.25, 0.3) is 0 Å². The van der Waals surface area contributed by atoms with Crippen LogP contribution < -0.4 is 16.1 Å². The molecule has 24 heavy (non-hydrogen) atoms. The number of hydrazine groups is 3. The number of imide groups is 1. The minimum atomic E-state index is -0.519. The molecule has 0 spiro atoms. The van der Waals surface area contributed by atoms with Crippen molar-refractivity contribution < 1.29 is 9.59 Å². The zero-order valence-electron chi connectivity index (χ0n) is 13.7. The normalized spacial score (nSPS) is 18.7. The quantitative estimate of drug-likeness (QED) is 0.877. The predicted molar refractivity (Wildman–Crippen MR) is 92.1 cm³/mol. The number of amides is 4. The van der Waals surface area contributed by atoms with Crippen molar-refractivity contribution in [2.75, 3.05) is 11.7 Å². The summed E-state index contributed by atoms with van der Waals surface area (Å²) in [4.78, 5) is 27.1. The Bertz CT molecular complexity index is 620. The van der Waals surface area contributed by atoms with Gasteiger partial charge in [-0.1, -0.05) is 43.0 Å². The van der Waals surface area contributed by atoms with Crippen LogP contribution in [0, 0.1) is 0 Å². The van der Waals surface area contributed by atoms with Crippen LogP contribution in [0.2, 0.25) is 5.02 Å². The maximum absolute atomic E-state index is 13.0. The Morgan fingerprint density at radius 3 is 2.67 bits per heavy atom. The average molecular weight is 352 g/mol. The fourth-order valence-corrected chi connectivity index (χ4v) is 3.54. The maximum atomic E-state index is 13.0. The topological polar surface area (TPSA) is 67.9 Å². The Hall–Kier alpha value is -1.99. The smallest absolute Gasteiger partial charge is 0.320 e. The van der Waals surface area contributed by atoms with E-state index in [-0.39, 0.29) is 12.1 Å². The number of anilines is 1. The summed E-state index contributed by atoms with van der Waals surface area (Å²) < 4.78 is 0. The predicted octanol–water partition coefficient (Wildman–Crippen LogP) is 3.28. The molecule has 8 heteroatoms. The summed E-state index contributed by atoms with van der Waals surface area (Å²) in [6.45, 7) is 2.50. The standard InChI is InChI=1S/C16H22ClN5O2/c1-2-20(12-8-4-3-5-9-12)16(24)21-15(23)18-19-22(21)14-11-7-6-10-13(14)17/h6-7,10-12,19H,2-5,8-9H2,1H3,(H,18,23). The van der Waals surface area contributed by atoms with Crippen LogP contribution >= 0.6 is 11.6 Å². The molecular weight excluding hydrogens is 330 g/mol. The Morgan fingerprint density at radius 1 is 1.29 bits per heavy atom. The zero-order chi connectivity index (χ0) is 17.1. The van der Waals surface area contributed by atoms with Crippen molar-refractivity contribution in [3.63, 3.8) is 0 Å². The number of hydrogen-bond acceptors (Lipinski definition) is 4. The van der Waals surface area contributed by atoms with Crippen LogP contribution in [-0.4, -0.2) is 34.6 Å². The molecular formula is C16H22ClN5O2. The van der Waals surface area contributed by atoms with Crippen molar-refractivity contribution in [3.8, 4) is 0 Å². The van der Waals surface area contributed by atoms with Gasteiger partial charge >= 0.3 is 12.1 Å². The van der Waals surface area contributed by atoms with E-state index in [0.29, 0.717) is 17.3 Å². The lowest BCUT2D eigenvalue weighted by Gasteiger charge is -2.37. The van der Waals surface area contributed by atoms with Gasteiger partial charge in [-0.2, -0.15) is 5.12 Å². The second-order valence-electron chi connectivity index (χ2n) is 5.98. The van der Waals surface area contributed by atoms with Gasteiger partial charge in [0.25, 0.3) is 0 Å². The molecule has 4 amide bonds. The van der Waals surface area contributed by atoms with Gasteiger partial charge in [-0.15, -0.1) is 10.5 Å². The summed E-state index contributed by atoms with van der Waals surface area (Å²) in [5, 5.41) is 2.87. The summed E-state index contributed by atoms with van der Waals surface area (Å²) in [7, 11) is 0. The third-order valence-corrected chi connectivity index (χ3v) is 4.84. The fourth-order valence-electron chi connectivity index (χ4n) is 3.32. The third kappa shape index (κ3) is 3.14. The molecule has 7 nitrogen and oxygen atoms in total. The fraction of sp³-hybridized carbons (Fsp3) is 0.500. The number of carbonyl (C=O) groups is 2. The molecule has 2 N–H and O–H groups in total. The molecule has 0 unspecified atom stereocenters. The zero-order valence-corrected chi connectivity index (χ0v) is 14.4. The average Bonchev–Trinajstić information content (AvgIpc) is 2.98. The molecule has 1 aromatic rings. The SMILES string of the molecule is CCN(C(=O)N1C(=O)NNN1c1ccccc1Cl)C1CCCCC1. The van der Waals surface area contributed by atoms with E-state index in [2.05, 4.69) is 11.0 Å². The van der Waals surface area contributed by atoms with E-state index in [1.807, 2.05) is 6.92 Å². The number of nitrogens with one attached hydrogen (secondary N) is 2. The van der Waals surface area contributed by atoms with Gasteiger partial charge in [-0.25, -0.2) is 9.59 Å². The van der Waals surface area contributed by atoms with E-state index in [1.165, 1.54) is 11.5 Å². The highest BCUT2D eigenvalue weighted by Gasteiger charge is 2.39. The molecule has 2 aliphatic rings. The van der Waals surface area contributed by atoms with Gasteiger partial charge in [0.05, 0.1) is 10.7 Å². The molecule has 0 aromatic heterocycles. The monoisotopic (exact) mass is 351 g/mol. The van der Waals surface area contributed by atoms with Gasteiger partial charge in [0.1, 0.15) is 0 Å². The molecule has 0 atom stereocenters. The van der Waals surface area contributed by atoms with Gasteiger partial charge in [-0.05, 0) is 31.9 Å². The number of nitrogens with zero attached hydrogens (tertiary/aromatic N) is 3. The van der Waals surface area contributed by atoms with E-state index in [0.717, 1.165) is 30.7 Å². The van der Waals surface area contributed by atoms with E-state index in [1.54, 1.807) is 29.2 Å². The minimum absolute atomic E-state index is 0.178. The number of urea groups is 2. The molecule has 1 saturated carbocycles. The van der Waals surface area contributed by atoms with Gasteiger partial charge < -0.3 is 4.90 Å². The Balaban J connectivity index is 1.85. The van der Waals surface area contributed by atoms with Gasteiger partial charge in [0, 0.05) is 12.6 Å². The number of rotatable bonds is 3. The van der Waals surface area contributed by atoms with Crippen LogP contribution in [0.15, 0.2) is 24.3 Å². The molecule has 1 heterocycles. The maximum Gasteiger partial charge on any atom is 0.362 e. The van der Waals surface area contributed by atoms with Crippen molar-refractivity contribution in [1.29, 1.82) is 0 Å². The highest BCUT2D eigenvalue weighted by Crippen LogP contribution is 2.28. The van der Waals surface area contributed by atoms with Crippen LogP contribution in [0.5, 0.6) is 0 Å². The number of carbonyl (C=O) groups excluding carboxylic acids is 2. The lowest BCUT2D eigenvalue weighted by molar-refractivity contribution is 0.130. The second kappa shape index (κ2) is 7.27. The molecule has 1 saturated heterocycles. The minimum Gasteiger partial charge on any atom is -0.320 e. The highest BCUT2D eigenvalue weighted by molar-refractivity contribution is 6.33. The van der Waals surface area contributed by atoms with E-state index < -0.39 is 6.03 Å². The Labute approximate surface area is 146 Å². The number of hydrogen-bond donors (Lipinski definition) is 2. The first-order valence-electron chi connectivity index (χ1n) is 8.34. The van der Waals surface area contributed by atoms with Gasteiger partial charge in [0.2, 0.25) is 0 Å². The Morgan fingerprint density at radius 2 is 2.00 bits per heavy atom. The van der Waals surface area contributed by atoms with Crippen molar-refractivity contribution >= 4 is 29.4 Å². The van der Waals surface area contributed by atoms with Crippen molar-refractivity contribution in [3.05, 3.63) is 29.3 Å². The van der Waals surface area contributed by atoms with Crippen LogP contribution in [0.1, 0.15) is 39.0 Å². The van der Waals surface area contributed by atoms with E-state index in [4.69, 9.17) is 11.6 Å². The molecule has 1 aliphatic heterocycles. The first-order chi connectivity index (χ1) is 11.6. The first kappa shape index (κ1) is 16.9. The number of para-hydroxylation sites is 1. The summed E-state index contributed by atoms with van der Waals surface area (Å²) >= 11 is 6.21. The molecule has 1 aromatic carbocycles. The summed E-state index contributed by atoms with van der Waals surface area (Å²) in [5.41, 5.74) is 5.70. The first-order valence-corrected chi connectivity index (χ1v) is 8.72. The summed E-state index contributed by atoms with van der Waals surface area (Å²) in [6, 6.07) is 6.37. The van der Waals surface area contributed by atoms with Crippen LogP contribution in [0.3, 0.4) is 0 Å². The van der Waals surface area contributed by atoms with Crippen LogP contribution in [0.4, 0.5) is 15.3 Å². The van der Waals surface area contributed by atoms with Crippen molar-refractivity contribution in [1.82, 2.24) is 20.9 Å². The van der Waals surface area contributed by atoms with Crippen molar-refractivity contribution in [2.24, 2.45) is 0 Å². The van der Waals surface area contributed by atoms with E-state index in [9.17, 15) is 9.59 Å². The second-order valence-corrected chi connectivity index (χ2v) is 6.38.